The van der Waals surface area contributed by atoms with Crippen LogP contribution in [0.3, 0.4) is 0 Å². The molecule has 7 unspecified atom stereocenters. The van der Waals surface area contributed by atoms with Crippen LogP contribution in [0.2, 0.25) is 0 Å². The van der Waals surface area contributed by atoms with Gasteiger partial charge in [-0.1, -0.05) is 32.4 Å². The molecule has 4 aliphatic carbocycles. The Morgan fingerprint density at radius 1 is 1.00 bits per heavy atom. The molecule has 3 heteroatoms. The first kappa shape index (κ1) is 19.2. The van der Waals surface area contributed by atoms with Gasteiger partial charge in [0.15, 0.2) is 0 Å². The molecule has 0 N–H and O–H groups in total. The van der Waals surface area contributed by atoms with Crippen molar-refractivity contribution in [2.75, 3.05) is 0 Å². The van der Waals surface area contributed by atoms with Crippen LogP contribution < -0.4 is 0 Å². The van der Waals surface area contributed by atoms with Crippen molar-refractivity contribution >= 4 is 11.8 Å². The van der Waals surface area contributed by atoms with Crippen LogP contribution in [-0.2, 0) is 14.3 Å². The molecule has 27 heavy (non-hydrogen) atoms. The number of ketones is 1. The molecule has 0 aromatic heterocycles. The van der Waals surface area contributed by atoms with Crippen LogP contribution in [0.4, 0.5) is 0 Å². The third-order valence-corrected chi connectivity index (χ3v) is 9.77. The standard InChI is InChI=1S/C24H36O3/c1-15(25)23(4)12-10-21-19-7-6-17-14-18(27-16(2)26)8-11-22(17,3)20(19)9-13-24(21,23)5/h6,18-21H,7-14H2,1-5H3. The summed E-state index contributed by atoms with van der Waals surface area (Å²) in [6, 6.07) is 0. The highest BCUT2D eigenvalue weighted by Crippen LogP contribution is 2.69. The van der Waals surface area contributed by atoms with Crippen molar-refractivity contribution in [1.29, 1.82) is 0 Å². The summed E-state index contributed by atoms with van der Waals surface area (Å²) in [4.78, 5) is 23.9. The predicted molar refractivity (Wildman–Crippen MR) is 106 cm³/mol. The van der Waals surface area contributed by atoms with Gasteiger partial charge in [0.1, 0.15) is 11.9 Å². The van der Waals surface area contributed by atoms with Gasteiger partial charge in [-0.2, -0.15) is 0 Å². The number of ether oxygens (including phenoxy) is 1. The molecule has 0 aliphatic heterocycles. The van der Waals surface area contributed by atoms with E-state index in [1.54, 1.807) is 0 Å². The maximum Gasteiger partial charge on any atom is 0.302 e. The van der Waals surface area contributed by atoms with E-state index in [1.165, 1.54) is 31.8 Å². The summed E-state index contributed by atoms with van der Waals surface area (Å²) in [6.07, 6.45) is 11.5. The van der Waals surface area contributed by atoms with E-state index in [2.05, 4.69) is 26.8 Å². The highest BCUT2D eigenvalue weighted by atomic mass is 16.5. The topological polar surface area (TPSA) is 43.4 Å². The Morgan fingerprint density at radius 2 is 1.70 bits per heavy atom. The molecular weight excluding hydrogens is 336 g/mol. The Balaban J connectivity index is 1.61. The van der Waals surface area contributed by atoms with Crippen LogP contribution in [0, 0.1) is 34.0 Å². The van der Waals surface area contributed by atoms with Crippen LogP contribution in [0.1, 0.15) is 86.0 Å². The van der Waals surface area contributed by atoms with Gasteiger partial charge < -0.3 is 4.74 Å². The highest BCUT2D eigenvalue weighted by molar-refractivity contribution is 5.83. The minimum absolute atomic E-state index is 0.0692. The Labute approximate surface area is 164 Å². The Hall–Kier alpha value is -1.12. The van der Waals surface area contributed by atoms with Crippen molar-refractivity contribution < 1.29 is 14.3 Å². The monoisotopic (exact) mass is 372 g/mol. The quantitative estimate of drug-likeness (QED) is 0.476. The second-order valence-corrected chi connectivity index (χ2v) is 10.6. The molecule has 3 fully saturated rings. The maximum atomic E-state index is 12.5. The number of esters is 1. The third-order valence-electron chi connectivity index (χ3n) is 9.77. The number of fused-ring (bicyclic) bond motifs is 5. The second-order valence-electron chi connectivity index (χ2n) is 10.6. The lowest BCUT2D eigenvalue weighted by atomic mass is 9.45. The zero-order chi connectivity index (χ0) is 19.6. The molecule has 3 nitrogen and oxygen atoms in total. The largest absolute Gasteiger partial charge is 0.462 e. The molecule has 0 amide bonds. The van der Waals surface area contributed by atoms with E-state index in [9.17, 15) is 9.59 Å². The van der Waals surface area contributed by atoms with Crippen molar-refractivity contribution in [2.24, 2.45) is 34.0 Å². The van der Waals surface area contributed by atoms with Crippen molar-refractivity contribution in [2.45, 2.75) is 92.1 Å². The number of Topliss-reactive ketones (excluding diaryl/α,β-unsaturated/α-hetero) is 1. The van der Waals surface area contributed by atoms with Gasteiger partial charge in [-0.25, -0.2) is 0 Å². The second kappa shape index (κ2) is 6.19. The third kappa shape index (κ3) is 2.59. The van der Waals surface area contributed by atoms with Gasteiger partial charge in [0.25, 0.3) is 0 Å². The average Bonchev–Trinajstić information content (AvgIpc) is 2.87. The lowest BCUT2D eigenvalue weighted by Gasteiger charge is -2.59. The molecule has 0 saturated heterocycles. The summed E-state index contributed by atoms with van der Waals surface area (Å²) in [6.45, 7) is 10.5. The fraction of sp³-hybridized carbons (Fsp3) is 0.833. The molecule has 150 valence electrons. The van der Waals surface area contributed by atoms with Gasteiger partial charge in [0, 0.05) is 18.8 Å². The number of rotatable bonds is 2. The van der Waals surface area contributed by atoms with Gasteiger partial charge in [0.2, 0.25) is 0 Å². The van der Waals surface area contributed by atoms with Crippen LogP contribution in [0.25, 0.3) is 0 Å². The van der Waals surface area contributed by atoms with Gasteiger partial charge in [-0.3, -0.25) is 9.59 Å². The minimum Gasteiger partial charge on any atom is -0.462 e. The number of carbonyl (C=O) groups is 2. The average molecular weight is 373 g/mol. The van der Waals surface area contributed by atoms with Gasteiger partial charge in [0.05, 0.1) is 0 Å². The zero-order valence-electron chi connectivity index (χ0n) is 17.8. The minimum atomic E-state index is -0.152. The normalized spacial score (nSPS) is 48.7. The fourth-order valence-corrected chi connectivity index (χ4v) is 7.81. The van der Waals surface area contributed by atoms with Gasteiger partial charge >= 0.3 is 5.97 Å². The first-order valence-corrected chi connectivity index (χ1v) is 11.0. The lowest BCUT2D eigenvalue weighted by Crippen LogP contribution is -2.53. The smallest absolute Gasteiger partial charge is 0.302 e. The van der Waals surface area contributed by atoms with E-state index in [1.807, 2.05) is 6.92 Å². The zero-order valence-corrected chi connectivity index (χ0v) is 17.8. The predicted octanol–water partition coefficient (Wildman–Crippen LogP) is 5.48. The first-order valence-electron chi connectivity index (χ1n) is 11.0. The van der Waals surface area contributed by atoms with Crippen molar-refractivity contribution in [3.8, 4) is 0 Å². The fourth-order valence-electron chi connectivity index (χ4n) is 7.81. The number of hydrogen-bond donors (Lipinski definition) is 0. The first-order chi connectivity index (χ1) is 12.6. The van der Waals surface area contributed by atoms with Gasteiger partial charge in [-0.05, 0) is 80.5 Å². The molecule has 0 bridgehead atoms. The van der Waals surface area contributed by atoms with E-state index >= 15 is 0 Å². The van der Waals surface area contributed by atoms with Crippen LogP contribution >= 0.6 is 0 Å². The molecule has 3 saturated carbocycles. The van der Waals surface area contributed by atoms with E-state index in [4.69, 9.17) is 4.74 Å². The van der Waals surface area contributed by atoms with E-state index in [-0.39, 0.29) is 28.3 Å². The Bertz CT molecular complexity index is 694. The lowest BCUT2D eigenvalue weighted by molar-refractivity contribution is -0.149. The molecule has 4 rings (SSSR count). The summed E-state index contributed by atoms with van der Waals surface area (Å²) in [5, 5.41) is 0. The molecule has 0 spiro atoms. The van der Waals surface area contributed by atoms with Crippen LogP contribution in [0.5, 0.6) is 0 Å². The molecule has 4 aliphatic rings. The molecule has 0 aromatic rings. The van der Waals surface area contributed by atoms with Crippen LogP contribution in [-0.4, -0.2) is 17.9 Å². The Kier molecular flexibility index (Phi) is 4.40. The summed E-state index contributed by atoms with van der Waals surface area (Å²) < 4.78 is 5.54. The Morgan fingerprint density at radius 3 is 2.37 bits per heavy atom. The van der Waals surface area contributed by atoms with Crippen molar-refractivity contribution in [3.63, 3.8) is 0 Å². The summed E-state index contributed by atoms with van der Waals surface area (Å²) in [7, 11) is 0. The summed E-state index contributed by atoms with van der Waals surface area (Å²) >= 11 is 0. The summed E-state index contributed by atoms with van der Waals surface area (Å²) in [5.41, 5.74) is 1.82. The highest BCUT2D eigenvalue weighted by Gasteiger charge is 2.63. The molecule has 0 aromatic carbocycles. The number of hydrogen-bond acceptors (Lipinski definition) is 3. The van der Waals surface area contributed by atoms with Crippen LogP contribution in [0.15, 0.2) is 11.6 Å². The van der Waals surface area contributed by atoms with Gasteiger partial charge in [-0.15, -0.1) is 0 Å². The molecular formula is C24H36O3. The molecule has 7 atom stereocenters. The maximum absolute atomic E-state index is 12.5. The van der Waals surface area contributed by atoms with Crippen molar-refractivity contribution in [3.05, 3.63) is 11.6 Å². The molecule has 0 heterocycles. The van der Waals surface area contributed by atoms with E-state index < -0.39 is 0 Å². The summed E-state index contributed by atoms with van der Waals surface area (Å²) in [5.74, 6) is 2.35. The SMILES string of the molecule is CC(=O)OC1CCC2(C)C(=CCC3C2CCC2(C)C3CCC2(C)C(C)=O)C1. The van der Waals surface area contributed by atoms with E-state index in [0.29, 0.717) is 17.6 Å². The van der Waals surface area contributed by atoms with Crippen molar-refractivity contribution in [1.82, 2.24) is 0 Å². The molecule has 0 radical (unpaired) electrons. The van der Waals surface area contributed by atoms with E-state index in [0.717, 1.165) is 38.0 Å². The number of carbonyl (C=O) groups excluding carboxylic acids is 2. The number of allylic oxidation sites excluding steroid dienone is 1.